The van der Waals surface area contributed by atoms with Crippen molar-refractivity contribution < 1.29 is 23.8 Å². The van der Waals surface area contributed by atoms with Crippen molar-refractivity contribution in [2.45, 2.75) is 13.8 Å². The van der Waals surface area contributed by atoms with Crippen LogP contribution < -0.4 is 14.2 Å². The van der Waals surface area contributed by atoms with Crippen molar-refractivity contribution in [3.8, 4) is 17.2 Å². The first kappa shape index (κ1) is 13.3. The van der Waals surface area contributed by atoms with Gasteiger partial charge in [-0.05, 0) is 0 Å². The molecule has 0 amide bonds. The Morgan fingerprint density at radius 1 is 1.06 bits per heavy atom. The van der Waals surface area contributed by atoms with Crippen molar-refractivity contribution in [1.82, 2.24) is 0 Å². The van der Waals surface area contributed by atoms with Gasteiger partial charge in [-0.3, -0.25) is 9.59 Å². The average Bonchev–Trinajstić information content (AvgIpc) is 2.20. The number of esters is 2. The van der Waals surface area contributed by atoms with Gasteiger partial charge in [0.2, 0.25) is 5.75 Å². The zero-order valence-electron chi connectivity index (χ0n) is 9.57. The first-order valence-electron chi connectivity index (χ1n) is 4.68. The minimum absolute atomic E-state index is 0.0274. The molecule has 1 aromatic rings. The molecule has 0 N–H and O–H groups in total. The Morgan fingerprint density at radius 3 is 2.06 bits per heavy atom. The Labute approximate surface area is 103 Å². The van der Waals surface area contributed by atoms with Crippen LogP contribution in [0.1, 0.15) is 13.8 Å². The summed E-state index contributed by atoms with van der Waals surface area (Å²) in [5.74, 6) is -0.831. The molecule has 0 fully saturated rings. The summed E-state index contributed by atoms with van der Waals surface area (Å²) in [6.07, 6.45) is 0. The first-order chi connectivity index (χ1) is 7.93. The lowest BCUT2D eigenvalue weighted by atomic mass is 10.3. The maximum atomic E-state index is 11.0. The molecular weight excluding hydrogens is 248 g/mol. The van der Waals surface area contributed by atoms with Crippen LogP contribution in [0, 0.1) is 0 Å². The highest BCUT2D eigenvalue weighted by Crippen LogP contribution is 2.40. The van der Waals surface area contributed by atoms with Crippen LogP contribution >= 0.6 is 11.6 Å². The summed E-state index contributed by atoms with van der Waals surface area (Å²) in [5.41, 5.74) is 0. The molecule has 0 aromatic heterocycles. The molecular formula is C11H11ClO5. The standard InChI is InChI=1S/C11H11ClO5/c1-6(13)16-10-5-8(12)4-9(15-3)11(10)17-7(2)14/h4-5H,1-3H3. The van der Waals surface area contributed by atoms with E-state index >= 15 is 0 Å². The molecule has 0 aliphatic heterocycles. The van der Waals surface area contributed by atoms with Gasteiger partial charge in [-0.25, -0.2) is 0 Å². The second-order valence-electron chi connectivity index (χ2n) is 3.12. The lowest BCUT2D eigenvalue weighted by molar-refractivity contribution is -0.134. The van der Waals surface area contributed by atoms with Crippen LogP contribution in [0.5, 0.6) is 17.2 Å². The van der Waals surface area contributed by atoms with Gasteiger partial charge in [0.1, 0.15) is 0 Å². The minimum Gasteiger partial charge on any atom is -0.493 e. The van der Waals surface area contributed by atoms with Crippen LogP contribution in [0.25, 0.3) is 0 Å². The molecule has 6 heteroatoms. The molecule has 0 atom stereocenters. The number of hydrogen-bond donors (Lipinski definition) is 0. The Kier molecular flexibility index (Phi) is 4.34. The topological polar surface area (TPSA) is 61.8 Å². The highest BCUT2D eigenvalue weighted by molar-refractivity contribution is 6.31. The Hall–Kier alpha value is -1.75. The summed E-state index contributed by atoms with van der Waals surface area (Å²) in [6.45, 7) is 2.45. The molecule has 0 aliphatic rings. The van der Waals surface area contributed by atoms with Gasteiger partial charge < -0.3 is 14.2 Å². The minimum atomic E-state index is -0.556. The highest BCUT2D eigenvalue weighted by Gasteiger charge is 2.17. The lowest BCUT2D eigenvalue weighted by Gasteiger charge is -2.12. The third kappa shape index (κ3) is 3.64. The summed E-state index contributed by atoms with van der Waals surface area (Å²) in [5, 5.41) is 0.300. The highest BCUT2D eigenvalue weighted by atomic mass is 35.5. The number of methoxy groups -OCH3 is 1. The molecule has 92 valence electrons. The average molecular weight is 259 g/mol. The van der Waals surface area contributed by atoms with Crippen molar-refractivity contribution in [2.75, 3.05) is 7.11 Å². The zero-order chi connectivity index (χ0) is 13.0. The van der Waals surface area contributed by atoms with Gasteiger partial charge in [0.05, 0.1) is 7.11 Å². The smallest absolute Gasteiger partial charge is 0.308 e. The second-order valence-corrected chi connectivity index (χ2v) is 3.56. The molecule has 0 heterocycles. The largest absolute Gasteiger partial charge is 0.493 e. The number of carbonyl (C=O) groups excluding carboxylic acids is 2. The van der Waals surface area contributed by atoms with E-state index in [-0.39, 0.29) is 17.2 Å². The third-order valence-corrected chi connectivity index (χ3v) is 1.92. The van der Waals surface area contributed by atoms with E-state index in [0.29, 0.717) is 5.02 Å². The summed E-state index contributed by atoms with van der Waals surface area (Å²) < 4.78 is 14.8. The molecule has 0 bridgehead atoms. The maximum absolute atomic E-state index is 11.0. The number of benzene rings is 1. The molecule has 0 unspecified atom stereocenters. The predicted molar refractivity (Wildman–Crippen MR) is 60.6 cm³/mol. The van der Waals surface area contributed by atoms with Crippen LogP contribution in [0.4, 0.5) is 0 Å². The Bertz CT molecular complexity index is 455. The van der Waals surface area contributed by atoms with E-state index in [0.717, 1.165) is 0 Å². The third-order valence-electron chi connectivity index (χ3n) is 1.70. The van der Waals surface area contributed by atoms with E-state index in [2.05, 4.69) is 0 Å². The second kappa shape index (κ2) is 5.54. The van der Waals surface area contributed by atoms with Gasteiger partial charge in [0.25, 0.3) is 0 Å². The van der Waals surface area contributed by atoms with E-state index in [1.165, 1.54) is 33.1 Å². The van der Waals surface area contributed by atoms with Gasteiger partial charge in [-0.1, -0.05) is 11.6 Å². The molecule has 0 saturated heterocycles. The van der Waals surface area contributed by atoms with Gasteiger partial charge in [-0.2, -0.15) is 0 Å². The zero-order valence-corrected chi connectivity index (χ0v) is 10.3. The normalized spacial score (nSPS) is 9.65. The summed E-state index contributed by atoms with van der Waals surface area (Å²) in [6, 6.07) is 2.82. The van der Waals surface area contributed by atoms with Gasteiger partial charge in [0, 0.05) is 31.0 Å². The molecule has 0 aliphatic carbocycles. The number of hydrogen-bond acceptors (Lipinski definition) is 5. The van der Waals surface area contributed by atoms with Gasteiger partial charge >= 0.3 is 11.9 Å². The monoisotopic (exact) mass is 258 g/mol. The predicted octanol–water partition coefficient (Wildman–Crippen LogP) is 2.20. The molecule has 0 saturated carbocycles. The fourth-order valence-electron chi connectivity index (χ4n) is 1.17. The van der Waals surface area contributed by atoms with Crippen molar-refractivity contribution >= 4 is 23.5 Å². The quantitative estimate of drug-likeness (QED) is 0.614. The fourth-order valence-corrected chi connectivity index (χ4v) is 1.37. The van der Waals surface area contributed by atoms with Gasteiger partial charge in [0.15, 0.2) is 11.5 Å². The van der Waals surface area contributed by atoms with E-state index < -0.39 is 11.9 Å². The fraction of sp³-hybridized carbons (Fsp3) is 0.273. The summed E-state index contributed by atoms with van der Waals surface area (Å²) in [4.78, 5) is 21.9. The molecule has 0 radical (unpaired) electrons. The van der Waals surface area contributed by atoms with Crippen molar-refractivity contribution in [3.05, 3.63) is 17.2 Å². The van der Waals surface area contributed by atoms with Crippen LogP contribution in [0.3, 0.4) is 0 Å². The molecule has 1 rings (SSSR count). The van der Waals surface area contributed by atoms with Crippen LogP contribution in [0.2, 0.25) is 5.02 Å². The number of carbonyl (C=O) groups is 2. The van der Waals surface area contributed by atoms with Crippen LogP contribution in [-0.4, -0.2) is 19.0 Å². The van der Waals surface area contributed by atoms with E-state index in [9.17, 15) is 9.59 Å². The van der Waals surface area contributed by atoms with Crippen molar-refractivity contribution in [1.29, 1.82) is 0 Å². The Balaban J connectivity index is 3.27. The first-order valence-corrected chi connectivity index (χ1v) is 5.06. The SMILES string of the molecule is COc1cc(Cl)cc(OC(C)=O)c1OC(C)=O. The van der Waals surface area contributed by atoms with E-state index in [1.807, 2.05) is 0 Å². The lowest BCUT2D eigenvalue weighted by Crippen LogP contribution is -2.08. The van der Waals surface area contributed by atoms with Crippen molar-refractivity contribution in [2.24, 2.45) is 0 Å². The molecule has 0 spiro atoms. The molecule has 5 nitrogen and oxygen atoms in total. The summed E-state index contributed by atoms with van der Waals surface area (Å²) in [7, 11) is 1.39. The van der Waals surface area contributed by atoms with E-state index in [4.69, 9.17) is 25.8 Å². The molecule has 1 aromatic carbocycles. The van der Waals surface area contributed by atoms with Crippen LogP contribution in [0.15, 0.2) is 12.1 Å². The Morgan fingerprint density at radius 2 is 1.59 bits per heavy atom. The van der Waals surface area contributed by atoms with Gasteiger partial charge in [-0.15, -0.1) is 0 Å². The number of ether oxygens (including phenoxy) is 3. The summed E-state index contributed by atoms with van der Waals surface area (Å²) >= 11 is 5.81. The number of rotatable bonds is 3. The van der Waals surface area contributed by atoms with E-state index in [1.54, 1.807) is 0 Å². The van der Waals surface area contributed by atoms with Crippen molar-refractivity contribution in [3.63, 3.8) is 0 Å². The molecule has 17 heavy (non-hydrogen) atoms. The number of halogens is 1. The van der Waals surface area contributed by atoms with Crippen LogP contribution in [-0.2, 0) is 9.59 Å². The maximum Gasteiger partial charge on any atom is 0.308 e.